The molecular weight excluding hydrogens is 262 g/mol. The SMILES string of the molecule is CC(C)(C)c1ccc(/C(N)=C2\C3CCOC3CN2N)cc1. The number of hydrazine groups is 1. The van der Waals surface area contributed by atoms with Crippen LogP contribution in [0.4, 0.5) is 0 Å². The third kappa shape index (κ3) is 2.54. The number of benzene rings is 1. The summed E-state index contributed by atoms with van der Waals surface area (Å²) in [5.74, 6) is 6.47. The summed E-state index contributed by atoms with van der Waals surface area (Å²) in [6.45, 7) is 8.18. The Hall–Kier alpha value is -1.52. The zero-order valence-electron chi connectivity index (χ0n) is 13.1. The second-order valence-corrected chi connectivity index (χ2v) is 7.08. The fourth-order valence-electron chi connectivity index (χ4n) is 3.30. The molecule has 4 nitrogen and oxygen atoms in total. The van der Waals surface area contributed by atoms with Crippen LogP contribution in [-0.4, -0.2) is 24.3 Å². The van der Waals surface area contributed by atoms with E-state index in [1.165, 1.54) is 5.56 Å². The van der Waals surface area contributed by atoms with E-state index in [1.54, 1.807) is 5.01 Å². The van der Waals surface area contributed by atoms with E-state index in [4.69, 9.17) is 16.3 Å². The van der Waals surface area contributed by atoms with Gasteiger partial charge in [-0.3, -0.25) is 0 Å². The summed E-state index contributed by atoms with van der Waals surface area (Å²) >= 11 is 0. The lowest BCUT2D eigenvalue weighted by molar-refractivity contribution is 0.0997. The first-order valence-corrected chi connectivity index (χ1v) is 7.62. The summed E-state index contributed by atoms with van der Waals surface area (Å²) in [6.07, 6.45) is 1.21. The molecule has 4 heteroatoms. The van der Waals surface area contributed by atoms with Crippen LogP contribution in [0.2, 0.25) is 0 Å². The summed E-state index contributed by atoms with van der Waals surface area (Å²) < 4.78 is 5.72. The van der Waals surface area contributed by atoms with Gasteiger partial charge in [-0.25, -0.2) is 5.84 Å². The Kier molecular flexibility index (Phi) is 3.46. The largest absolute Gasteiger partial charge is 0.397 e. The van der Waals surface area contributed by atoms with Gasteiger partial charge in [-0.1, -0.05) is 45.0 Å². The van der Waals surface area contributed by atoms with Gasteiger partial charge < -0.3 is 15.5 Å². The van der Waals surface area contributed by atoms with E-state index in [-0.39, 0.29) is 11.5 Å². The lowest BCUT2D eigenvalue weighted by atomic mass is 9.86. The molecular formula is C17H25N3O. The van der Waals surface area contributed by atoms with Gasteiger partial charge in [-0.15, -0.1) is 0 Å². The van der Waals surface area contributed by atoms with Crippen LogP contribution in [0.3, 0.4) is 0 Å². The Morgan fingerprint density at radius 2 is 1.90 bits per heavy atom. The van der Waals surface area contributed by atoms with E-state index in [1.807, 2.05) is 0 Å². The van der Waals surface area contributed by atoms with Crippen LogP contribution < -0.4 is 11.6 Å². The molecule has 0 saturated carbocycles. The molecule has 3 rings (SSSR count). The average molecular weight is 287 g/mol. The lowest BCUT2D eigenvalue weighted by Gasteiger charge is -2.21. The van der Waals surface area contributed by atoms with Gasteiger partial charge in [0.15, 0.2) is 0 Å². The molecule has 0 radical (unpaired) electrons. The molecule has 0 spiro atoms. The molecule has 2 saturated heterocycles. The fourth-order valence-corrected chi connectivity index (χ4v) is 3.30. The zero-order chi connectivity index (χ0) is 15.2. The van der Waals surface area contributed by atoms with Gasteiger partial charge in [0.1, 0.15) is 0 Å². The number of hydrogen-bond acceptors (Lipinski definition) is 4. The Morgan fingerprint density at radius 1 is 1.24 bits per heavy atom. The van der Waals surface area contributed by atoms with Gasteiger partial charge in [0.05, 0.1) is 24.0 Å². The minimum atomic E-state index is 0.151. The standard InChI is InChI=1S/C17H25N3O/c1-17(2,3)12-6-4-11(5-7-12)15(18)16-13-8-9-21-14(13)10-20(16)19/h4-7,13-14H,8-10,18-19H2,1-3H3/b16-15-. The summed E-state index contributed by atoms with van der Waals surface area (Å²) in [5, 5.41) is 1.77. The highest BCUT2D eigenvalue weighted by Crippen LogP contribution is 2.38. The van der Waals surface area contributed by atoms with Crippen molar-refractivity contribution in [2.24, 2.45) is 17.5 Å². The molecule has 21 heavy (non-hydrogen) atoms. The molecule has 2 atom stereocenters. The molecule has 0 aromatic heterocycles. The van der Waals surface area contributed by atoms with E-state index in [9.17, 15) is 0 Å². The van der Waals surface area contributed by atoms with Gasteiger partial charge in [-0.05, 0) is 23.0 Å². The number of fused-ring (bicyclic) bond motifs is 1. The van der Waals surface area contributed by atoms with Crippen molar-refractivity contribution in [1.82, 2.24) is 5.01 Å². The molecule has 4 N–H and O–H groups in total. The van der Waals surface area contributed by atoms with Crippen molar-refractivity contribution in [1.29, 1.82) is 0 Å². The minimum Gasteiger partial charge on any atom is -0.397 e. The minimum absolute atomic E-state index is 0.151. The molecule has 2 heterocycles. The van der Waals surface area contributed by atoms with E-state index < -0.39 is 0 Å². The number of ether oxygens (including phenoxy) is 1. The highest BCUT2D eigenvalue weighted by atomic mass is 16.5. The summed E-state index contributed by atoms with van der Waals surface area (Å²) in [5.41, 5.74) is 10.7. The zero-order valence-corrected chi connectivity index (χ0v) is 13.1. The Labute approximate surface area is 126 Å². The number of nitrogens with zero attached hydrogens (tertiary/aromatic N) is 1. The molecule has 2 aliphatic rings. The quantitative estimate of drug-likeness (QED) is 0.777. The summed E-state index contributed by atoms with van der Waals surface area (Å²) in [6, 6.07) is 8.50. The van der Waals surface area contributed by atoms with Crippen molar-refractivity contribution >= 4 is 5.70 Å². The molecule has 2 aliphatic heterocycles. The van der Waals surface area contributed by atoms with E-state index in [2.05, 4.69) is 45.0 Å². The normalized spacial score (nSPS) is 27.9. The molecule has 114 valence electrons. The molecule has 1 aromatic carbocycles. The van der Waals surface area contributed by atoms with Crippen LogP contribution in [-0.2, 0) is 10.2 Å². The number of hydrogen-bond donors (Lipinski definition) is 2. The first-order valence-electron chi connectivity index (χ1n) is 7.62. The smallest absolute Gasteiger partial charge is 0.0850 e. The van der Waals surface area contributed by atoms with Crippen molar-refractivity contribution in [3.05, 3.63) is 41.1 Å². The average Bonchev–Trinajstić information content (AvgIpc) is 2.97. The van der Waals surface area contributed by atoms with Gasteiger partial charge in [-0.2, -0.15) is 0 Å². The highest BCUT2D eigenvalue weighted by Gasteiger charge is 2.41. The van der Waals surface area contributed by atoms with Crippen molar-refractivity contribution < 1.29 is 4.74 Å². The van der Waals surface area contributed by atoms with Gasteiger partial charge in [0, 0.05) is 12.5 Å². The molecule has 0 bridgehead atoms. The predicted molar refractivity (Wildman–Crippen MR) is 85.0 cm³/mol. The van der Waals surface area contributed by atoms with E-state index >= 15 is 0 Å². The fraction of sp³-hybridized carbons (Fsp3) is 0.529. The first-order chi connectivity index (χ1) is 9.88. The van der Waals surface area contributed by atoms with Crippen molar-refractivity contribution in [3.63, 3.8) is 0 Å². The van der Waals surface area contributed by atoms with E-state index in [0.717, 1.165) is 36.5 Å². The lowest BCUT2D eigenvalue weighted by Crippen LogP contribution is -2.30. The topological polar surface area (TPSA) is 64.5 Å². The van der Waals surface area contributed by atoms with Crippen molar-refractivity contribution in [2.45, 2.75) is 38.7 Å². The molecule has 1 aromatic rings. The Morgan fingerprint density at radius 3 is 2.52 bits per heavy atom. The molecule has 2 unspecified atom stereocenters. The highest BCUT2D eigenvalue weighted by molar-refractivity contribution is 5.67. The third-order valence-electron chi connectivity index (χ3n) is 4.58. The van der Waals surface area contributed by atoms with Crippen LogP contribution in [0.15, 0.2) is 30.0 Å². The molecule has 0 aliphatic carbocycles. The summed E-state index contributed by atoms with van der Waals surface area (Å²) in [7, 11) is 0. The van der Waals surface area contributed by atoms with Gasteiger partial charge in [0.2, 0.25) is 0 Å². The maximum absolute atomic E-state index is 6.41. The first kappa shape index (κ1) is 14.4. The van der Waals surface area contributed by atoms with Crippen LogP contribution in [0.25, 0.3) is 5.70 Å². The second kappa shape index (κ2) is 5.04. The maximum Gasteiger partial charge on any atom is 0.0850 e. The second-order valence-electron chi connectivity index (χ2n) is 7.08. The maximum atomic E-state index is 6.41. The van der Waals surface area contributed by atoms with Crippen LogP contribution in [0.5, 0.6) is 0 Å². The molecule has 0 amide bonds. The van der Waals surface area contributed by atoms with Crippen molar-refractivity contribution in [2.75, 3.05) is 13.2 Å². The van der Waals surface area contributed by atoms with Gasteiger partial charge >= 0.3 is 0 Å². The third-order valence-corrected chi connectivity index (χ3v) is 4.58. The number of rotatable bonds is 1. The predicted octanol–water partition coefficient (Wildman–Crippen LogP) is 2.21. The van der Waals surface area contributed by atoms with Crippen LogP contribution >= 0.6 is 0 Å². The van der Waals surface area contributed by atoms with E-state index in [0.29, 0.717) is 5.92 Å². The van der Waals surface area contributed by atoms with Gasteiger partial charge in [0.25, 0.3) is 0 Å². The Balaban J connectivity index is 1.94. The van der Waals surface area contributed by atoms with Crippen LogP contribution in [0, 0.1) is 5.92 Å². The Bertz CT molecular complexity index is 556. The number of nitrogens with two attached hydrogens (primary N) is 2. The van der Waals surface area contributed by atoms with Crippen LogP contribution in [0.1, 0.15) is 38.3 Å². The molecule has 2 fully saturated rings. The van der Waals surface area contributed by atoms with Crippen molar-refractivity contribution in [3.8, 4) is 0 Å². The summed E-state index contributed by atoms with van der Waals surface area (Å²) in [4.78, 5) is 0. The monoisotopic (exact) mass is 287 g/mol.